The topological polar surface area (TPSA) is 84.0 Å². The van der Waals surface area contributed by atoms with Gasteiger partial charge < -0.3 is 25.4 Å². The Morgan fingerprint density at radius 2 is 1.87 bits per heavy atom. The number of aliphatic imine (C=N–C) groups is 1. The van der Waals surface area contributed by atoms with Gasteiger partial charge in [-0.3, -0.25) is 9.79 Å². The van der Waals surface area contributed by atoms with Crippen LogP contribution >= 0.6 is 0 Å². The predicted molar refractivity (Wildman–Crippen MR) is 121 cm³/mol. The van der Waals surface area contributed by atoms with Crippen LogP contribution in [0.4, 0.5) is 0 Å². The van der Waals surface area contributed by atoms with E-state index in [1.807, 2.05) is 13.0 Å². The molecule has 0 aromatic heterocycles. The lowest BCUT2D eigenvalue weighted by molar-refractivity contribution is -0.122. The summed E-state index contributed by atoms with van der Waals surface area (Å²) in [6.45, 7) is 4.92. The van der Waals surface area contributed by atoms with E-state index in [2.05, 4.69) is 33.1 Å². The molecule has 0 heterocycles. The van der Waals surface area contributed by atoms with Crippen molar-refractivity contribution in [1.82, 2.24) is 16.0 Å². The summed E-state index contributed by atoms with van der Waals surface area (Å²) in [5.74, 6) is 2.27. The Balaban J connectivity index is 1.70. The van der Waals surface area contributed by atoms with Gasteiger partial charge in [-0.2, -0.15) is 0 Å². The van der Waals surface area contributed by atoms with Crippen molar-refractivity contribution in [1.29, 1.82) is 0 Å². The minimum atomic E-state index is 0.157. The number of ether oxygens (including phenoxy) is 2. The molecule has 3 N–H and O–H groups in total. The van der Waals surface area contributed by atoms with Crippen molar-refractivity contribution in [2.45, 2.75) is 52.0 Å². The van der Waals surface area contributed by atoms with Crippen molar-refractivity contribution in [3.05, 3.63) is 29.3 Å². The average molecular weight is 419 g/mol. The van der Waals surface area contributed by atoms with Crippen molar-refractivity contribution < 1.29 is 14.3 Å². The number of methoxy groups -OCH3 is 1. The third-order valence-corrected chi connectivity index (χ3v) is 5.38. The molecular formula is C23H38N4O3. The van der Waals surface area contributed by atoms with Gasteiger partial charge in [0.2, 0.25) is 5.91 Å². The van der Waals surface area contributed by atoms with E-state index >= 15 is 0 Å². The van der Waals surface area contributed by atoms with Crippen LogP contribution in [0.3, 0.4) is 0 Å². The highest BCUT2D eigenvalue weighted by molar-refractivity contribution is 5.80. The van der Waals surface area contributed by atoms with Gasteiger partial charge in [-0.05, 0) is 37.3 Å². The number of carbonyl (C=O) groups is 1. The van der Waals surface area contributed by atoms with E-state index in [4.69, 9.17) is 9.47 Å². The zero-order valence-corrected chi connectivity index (χ0v) is 18.8. The quantitative estimate of drug-likeness (QED) is 0.292. The molecule has 1 saturated carbocycles. The molecule has 7 heteroatoms. The molecule has 1 aromatic carbocycles. The maximum Gasteiger partial charge on any atom is 0.220 e. The lowest BCUT2D eigenvalue weighted by Crippen LogP contribution is -2.41. The van der Waals surface area contributed by atoms with Crippen molar-refractivity contribution in [3.63, 3.8) is 0 Å². The van der Waals surface area contributed by atoms with E-state index in [0.717, 1.165) is 16.9 Å². The smallest absolute Gasteiger partial charge is 0.220 e. The number of hydrogen-bond donors (Lipinski definition) is 3. The van der Waals surface area contributed by atoms with Crippen LogP contribution in [-0.4, -0.2) is 52.3 Å². The minimum Gasteiger partial charge on any atom is -0.491 e. The van der Waals surface area contributed by atoms with Crippen LogP contribution in [0.5, 0.6) is 5.75 Å². The number of carbonyl (C=O) groups excluding carboxylic acids is 1. The Morgan fingerprint density at radius 3 is 2.60 bits per heavy atom. The van der Waals surface area contributed by atoms with Crippen LogP contribution < -0.4 is 20.7 Å². The number of amides is 1. The molecule has 0 radical (unpaired) electrons. The van der Waals surface area contributed by atoms with Crippen LogP contribution in [0, 0.1) is 12.8 Å². The van der Waals surface area contributed by atoms with Gasteiger partial charge >= 0.3 is 0 Å². The van der Waals surface area contributed by atoms with Gasteiger partial charge in [0, 0.05) is 45.8 Å². The highest BCUT2D eigenvalue weighted by atomic mass is 16.5. The molecule has 1 aliphatic rings. The molecule has 0 atom stereocenters. The largest absolute Gasteiger partial charge is 0.491 e. The Bertz CT molecular complexity index is 672. The fourth-order valence-electron chi connectivity index (χ4n) is 3.69. The highest BCUT2D eigenvalue weighted by Gasteiger charge is 2.16. The second kappa shape index (κ2) is 13.9. The number of hydrogen-bond acceptors (Lipinski definition) is 4. The molecule has 0 saturated heterocycles. The van der Waals surface area contributed by atoms with Crippen LogP contribution in [0.2, 0.25) is 0 Å². The summed E-state index contributed by atoms with van der Waals surface area (Å²) < 4.78 is 10.9. The van der Waals surface area contributed by atoms with Crippen molar-refractivity contribution >= 4 is 11.9 Å². The third kappa shape index (κ3) is 9.03. The monoisotopic (exact) mass is 418 g/mol. The summed E-state index contributed by atoms with van der Waals surface area (Å²) in [4.78, 5) is 16.4. The summed E-state index contributed by atoms with van der Waals surface area (Å²) in [5, 5.41) is 9.56. The second-order valence-corrected chi connectivity index (χ2v) is 7.86. The molecule has 0 unspecified atom stereocenters. The Morgan fingerprint density at radius 1 is 1.10 bits per heavy atom. The summed E-state index contributed by atoms with van der Waals surface area (Å²) in [6.07, 6.45) is 6.89. The number of rotatable bonds is 11. The summed E-state index contributed by atoms with van der Waals surface area (Å²) in [6, 6.07) is 6.16. The van der Waals surface area contributed by atoms with E-state index < -0.39 is 0 Å². The molecule has 1 aliphatic carbocycles. The van der Waals surface area contributed by atoms with Crippen LogP contribution in [0.15, 0.2) is 23.2 Å². The number of guanidine groups is 1. The first-order valence-corrected chi connectivity index (χ1v) is 11.0. The van der Waals surface area contributed by atoms with E-state index in [1.54, 1.807) is 14.2 Å². The zero-order valence-electron chi connectivity index (χ0n) is 18.8. The molecule has 7 nitrogen and oxygen atoms in total. The SMILES string of the molecule is CN=C(NCCNC(=O)CC1CCCCC1)NCc1ccc(C)cc1OCCOC. The first-order chi connectivity index (χ1) is 14.6. The molecule has 1 amide bonds. The van der Waals surface area contributed by atoms with Gasteiger partial charge in [0.25, 0.3) is 0 Å². The van der Waals surface area contributed by atoms with Crippen LogP contribution in [-0.2, 0) is 16.1 Å². The van der Waals surface area contributed by atoms with Crippen molar-refractivity contribution in [2.75, 3.05) is 40.5 Å². The maximum atomic E-state index is 12.1. The normalized spacial score (nSPS) is 15.0. The van der Waals surface area contributed by atoms with E-state index in [1.165, 1.54) is 32.1 Å². The molecule has 0 spiro atoms. The summed E-state index contributed by atoms with van der Waals surface area (Å²) in [7, 11) is 3.40. The lowest BCUT2D eigenvalue weighted by atomic mass is 9.87. The fourth-order valence-corrected chi connectivity index (χ4v) is 3.69. The third-order valence-electron chi connectivity index (χ3n) is 5.38. The number of aryl methyl sites for hydroxylation is 1. The molecule has 168 valence electrons. The van der Waals surface area contributed by atoms with Crippen LogP contribution in [0.25, 0.3) is 0 Å². The molecule has 0 bridgehead atoms. The Labute approximate surface area is 181 Å². The molecule has 1 fully saturated rings. The van der Waals surface area contributed by atoms with E-state index in [0.29, 0.717) is 51.1 Å². The van der Waals surface area contributed by atoms with Gasteiger partial charge in [0.15, 0.2) is 5.96 Å². The number of nitrogens with zero attached hydrogens (tertiary/aromatic N) is 1. The molecule has 0 aliphatic heterocycles. The zero-order chi connectivity index (χ0) is 21.6. The maximum absolute atomic E-state index is 12.1. The van der Waals surface area contributed by atoms with Gasteiger partial charge in [0.05, 0.1) is 6.61 Å². The minimum absolute atomic E-state index is 0.157. The van der Waals surface area contributed by atoms with Gasteiger partial charge in [-0.25, -0.2) is 0 Å². The summed E-state index contributed by atoms with van der Waals surface area (Å²) in [5.41, 5.74) is 2.21. The predicted octanol–water partition coefficient (Wildman–Crippen LogP) is 2.77. The van der Waals surface area contributed by atoms with Gasteiger partial charge in [0.1, 0.15) is 12.4 Å². The average Bonchev–Trinajstić information content (AvgIpc) is 2.75. The molecule has 1 aromatic rings. The first-order valence-electron chi connectivity index (χ1n) is 11.0. The summed E-state index contributed by atoms with van der Waals surface area (Å²) >= 11 is 0. The Hall–Kier alpha value is -2.28. The number of nitrogens with one attached hydrogen (secondary N) is 3. The van der Waals surface area contributed by atoms with Gasteiger partial charge in [-0.15, -0.1) is 0 Å². The van der Waals surface area contributed by atoms with E-state index in [-0.39, 0.29) is 5.91 Å². The van der Waals surface area contributed by atoms with Gasteiger partial charge in [-0.1, -0.05) is 31.4 Å². The van der Waals surface area contributed by atoms with E-state index in [9.17, 15) is 4.79 Å². The number of benzene rings is 1. The first kappa shape index (κ1) is 24.0. The fraction of sp³-hybridized carbons (Fsp3) is 0.652. The second-order valence-electron chi connectivity index (χ2n) is 7.86. The highest BCUT2D eigenvalue weighted by Crippen LogP contribution is 2.26. The standard InChI is InChI=1S/C23H38N4O3/c1-18-9-10-20(21(15-18)30-14-13-29-3)17-27-23(24-2)26-12-11-25-22(28)16-19-7-5-4-6-8-19/h9-10,15,19H,4-8,11-14,16-17H2,1-3H3,(H,25,28)(H2,24,26,27). The van der Waals surface area contributed by atoms with Crippen molar-refractivity contribution in [3.8, 4) is 5.75 Å². The molecule has 30 heavy (non-hydrogen) atoms. The lowest BCUT2D eigenvalue weighted by Gasteiger charge is -2.21. The van der Waals surface area contributed by atoms with Crippen molar-refractivity contribution in [2.24, 2.45) is 10.9 Å². The Kier molecular flexibility index (Phi) is 11.1. The van der Waals surface area contributed by atoms with Crippen LogP contribution in [0.1, 0.15) is 49.7 Å². The molecule has 2 rings (SSSR count). The molecular weight excluding hydrogens is 380 g/mol.